The highest BCUT2D eigenvalue weighted by molar-refractivity contribution is 5.97. The second-order valence-corrected chi connectivity index (χ2v) is 5.75. The summed E-state index contributed by atoms with van der Waals surface area (Å²) in [4.78, 5) is 24.1. The Kier molecular flexibility index (Phi) is 7.75. The number of carbonyl (C=O) groups excluding carboxylic acids is 2. The zero-order valence-electron chi connectivity index (χ0n) is 14.7. The van der Waals surface area contributed by atoms with Crippen molar-refractivity contribution in [2.24, 2.45) is 0 Å². The molecule has 0 spiro atoms. The van der Waals surface area contributed by atoms with Crippen LogP contribution in [0.5, 0.6) is 0 Å². The van der Waals surface area contributed by atoms with Gasteiger partial charge in [-0.25, -0.2) is 5.48 Å². The minimum Gasteiger partial charge on any atom is -0.339 e. The molecule has 138 valence electrons. The molecule has 0 radical (unpaired) electrons. The van der Waals surface area contributed by atoms with Crippen molar-refractivity contribution in [1.29, 1.82) is 0 Å². The summed E-state index contributed by atoms with van der Waals surface area (Å²) in [7, 11) is 1.82. The lowest BCUT2D eigenvalue weighted by molar-refractivity contribution is -0.131. The van der Waals surface area contributed by atoms with Gasteiger partial charge in [0.25, 0.3) is 11.8 Å². The number of nitrogens with one attached hydrogen (secondary N) is 4. The number of hydrogen-bond donors (Lipinski definition) is 5. The Morgan fingerprint density at radius 3 is 2.23 bits per heavy atom. The Hall–Kier alpha value is -2.74. The number of amides is 2. The number of carbonyl (C=O) groups is 2. The second-order valence-electron chi connectivity index (χ2n) is 5.75. The maximum absolute atomic E-state index is 12.4. The lowest BCUT2D eigenvalue weighted by Gasteiger charge is -2.17. The van der Waals surface area contributed by atoms with Gasteiger partial charge in [-0.15, -0.1) is 0 Å². The standard InChI is InChI=1S/C19H24N4O3/c1-20-11-12-21-13-17(19(25)23-26)22-18(24)16-9-7-15(8-10-16)14-5-3-2-4-6-14/h2-10,17,20-21,26H,11-13H2,1H3,(H,22,24)(H,23,25)/t17-/m0/s1. The second kappa shape index (κ2) is 10.3. The zero-order chi connectivity index (χ0) is 18.8. The molecule has 2 aromatic carbocycles. The van der Waals surface area contributed by atoms with E-state index < -0.39 is 11.9 Å². The van der Waals surface area contributed by atoms with Gasteiger partial charge >= 0.3 is 0 Å². The molecule has 0 unspecified atom stereocenters. The van der Waals surface area contributed by atoms with Crippen LogP contribution in [0.2, 0.25) is 0 Å². The topological polar surface area (TPSA) is 102 Å². The summed E-state index contributed by atoms with van der Waals surface area (Å²) >= 11 is 0. The van der Waals surface area contributed by atoms with Crippen molar-refractivity contribution in [2.75, 3.05) is 26.7 Å². The molecule has 2 rings (SSSR count). The van der Waals surface area contributed by atoms with E-state index in [9.17, 15) is 9.59 Å². The minimum atomic E-state index is -0.877. The normalized spacial score (nSPS) is 11.6. The largest absolute Gasteiger partial charge is 0.339 e. The van der Waals surface area contributed by atoms with Crippen molar-refractivity contribution in [2.45, 2.75) is 6.04 Å². The molecular weight excluding hydrogens is 332 g/mol. The molecule has 0 saturated heterocycles. The maximum Gasteiger partial charge on any atom is 0.267 e. The summed E-state index contributed by atoms with van der Waals surface area (Å²) in [5.74, 6) is -1.05. The molecule has 26 heavy (non-hydrogen) atoms. The van der Waals surface area contributed by atoms with Gasteiger partial charge in [0.05, 0.1) is 0 Å². The number of hydrogen-bond acceptors (Lipinski definition) is 5. The maximum atomic E-state index is 12.4. The van der Waals surface area contributed by atoms with Gasteiger partial charge in [0.1, 0.15) is 6.04 Å². The number of likely N-dealkylation sites (N-methyl/N-ethyl adjacent to an activating group) is 1. The SMILES string of the molecule is CNCCNC[C@H](NC(=O)c1ccc(-c2ccccc2)cc1)C(=O)NO. The Labute approximate surface area is 152 Å². The number of hydroxylamine groups is 1. The number of benzene rings is 2. The first kappa shape index (κ1) is 19.6. The summed E-state index contributed by atoms with van der Waals surface area (Å²) in [5.41, 5.74) is 4.09. The van der Waals surface area contributed by atoms with Crippen LogP contribution >= 0.6 is 0 Å². The summed E-state index contributed by atoms with van der Waals surface area (Å²) in [6, 6.07) is 16.1. The Morgan fingerprint density at radius 2 is 1.62 bits per heavy atom. The molecule has 0 aliphatic heterocycles. The van der Waals surface area contributed by atoms with E-state index in [1.165, 1.54) is 0 Å². The molecule has 5 N–H and O–H groups in total. The Balaban J connectivity index is 2.00. The molecule has 0 heterocycles. The van der Waals surface area contributed by atoms with E-state index in [0.29, 0.717) is 12.1 Å². The highest BCUT2D eigenvalue weighted by atomic mass is 16.5. The summed E-state index contributed by atoms with van der Waals surface area (Å²) < 4.78 is 0. The van der Waals surface area contributed by atoms with Crippen molar-refractivity contribution in [3.05, 3.63) is 60.2 Å². The smallest absolute Gasteiger partial charge is 0.267 e. The molecular formula is C19H24N4O3. The molecule has 1 atom stereocenters. The van der Waals surface area contributed by atoms with E-state index in [1.807, 2.05) is 49.5 Å². The molecule has 0 aliphatic rings. The lowest BCUT2D eigenvalue weighted by atomic mass is 10.0. The summed E-state index contributed by atoms with van der Waals surface area (Å²) in [6.45, 7) is 1.57. The van der Waals surface area contributed by atoms with Gasteiger partial charge in [-0.05, 0) is 30.3 Å². The van der Waals surface area contributed by atoms with Crippen molar-refractivity contribution < 1.29 is 14.8 Å². The predicted molar refractivity (Wildman–Crippen MR) is 99.9 cm³/mol. The van der Waals surface area contributed by atoms with Crippen LogP contribution in [0.4, 0.5) is 0 Å². The first-order valence-corrected chi connectivity index (χ1v) is 8.41. The Morgan fingerprint density at radius 1 is 0.962 bits per heavy atom. The third-order valence-electron chi connectivity index (χ3n) is 3.89. The van der Waals surface area contributed by atoms with Gasteiger partial charge in [0.2, 0.25) is 0 Å². The van der Waals surface area contributed by atoms with Gasteiger partial charge < -0.3 is 16.0 Å². The fraction of sp³-hybridized carbons (Fsp3) is 0.263. The average molecular weight is 356 g/mol. The van der Waals surface area contributed by atoms with Crippen LogP contribution in [0.1, 0.15) is 10.4 Å². The first-order chi connectivity index (χ1) is 12.7. The third-order valence-corrected chi connectivity index (χ3v) is 3.89. The predicted octanol–water partition coefficient (Wildman–Crippen LogP) is 0.766. The number of rotatable bonds is 9. The van der Waals surface area contributed by atoms with Gasteiger partial charge in [-0.3, -0.25) is 14.8 Å². The van der Waals surface area contributed by atoms with Crippen molar-refractivity contribution in [3.8, 4) is 11.1 Å². The molecule has 2 aromatic rings. The van der Waals surface area contributed by atoms with E-state index in [1.54, 1.807) is 17.6 Å². The quantitative estimate of drug-likeness (QED) is 0.259. The summed E-state index contributed by atoms with van der Waals surface area (Å²) in [6.07, 6.45) is 0. The fourth-order valence-corrected chi connectivity index (χ4v) is 2.43. The molecule has 0 fully saturated rings. The average Bonchev–Trinajstić information content (AvgIpc) is 2.70. The van der Waals surface area contributed by atoms with Crippen LogP contribution in [-0.4, -0.2) is 49.7 Å². The van der Waals surface area contributed by atoms with Crippen LogP contribution in [0, 0.1) is 0 Å². The highest BCUT2D eigenvalue weighted by Gasteiger charge is 2.20. The first-order valence-electron chi connectivity index (χ1n) is 8.41. The molecule has 0 aromatic heterocycles. The molecule has 2 amide bonds. The van der Waals surface area contributed by atoms with Crippen molar-refractivity contribution in [3.63, 3.8) is 0 Å². The highest BCUT2D eigenvalue weighted by Crippen LogP contribution is 2.19. The van der Waals surface area contributed by atoms with Crippen LogP contribution in [0.25, 0.3) is 11.1 Å². The van der Waals surface area contributed by atoms with E-state index in [4.69, 9.17) is 5.21 Å². The monoisotopic (exact) mass is 356 g/mol. The Bertz CT molecular complexity index is 704. The minimum absolute atomic E-state index is 0.210. The van der Waals surface area contributed by atoms with Gasteiger partial charge in [0.15, 0.2) is 0 Å². The van der Waals surface area contributed by atoms with Crippen LogP contribution in [0.15, 0.2) is 54.6 Å². The summed E-state index contributed by atoms with van der Waals surface area (Å²) in [5, 5.41) is 17.5. The molecule has 0 bridgehead atoms. The third kappa shape index (κ3) is 5.66. The zero-order valence-corrected chi connectivity index (χ0v) is 14.7. The lowest BCUT2D eigenvalue weighted by Crippen LogP contribution is -2.51. The van der Waals surface area contributed by atoms with Crippen molar-refractivity contribution >= 4 is 11.8 Å². The molecule has 0 saturated carbocycles. The van der Waals surface area contributed by atoms with Gasteiger partial charge in [0, 0.05) is 25.2 Å². The van der Waals surface area contributed by atoms with E-state index >= 15 is 0 Å². The fourth-order valence-electron chi connectivity index (χ4n) is 2.43. The van der Waals surface area contributed by atoms with Gasteiger partial charge in [-0.2, -0.15) is 0 Å². The van der Waals surface area contributed by atoms with E-state index in [-0.39, 0.29) is 12.5 Å². The molecule has 0 aliphatic carbocycles. The van der Waals surface area contributed by atoms with Crippen LogP contribution in [0.3, 0.4) is 0 Å². The molecule has 7 nitrogen and oxygen atoms in total. The molecule has 7 heteroatoms. The van der Waals surface area contributed by atoms with Crippen molar-refractivity contribution in [1.82, 2.24) is 21.4 Å². The van der Waals surface area contributed by atoms with E-state index in [0.717, 1.165) is 17.7 Å². The van der Waals surface area contributed by atoms with Gasteiger partial charge in [-0.1, -0.05) is 42.5 Å². The van der Waals surface area contributed by atoms with E-state index in [2.05, 4.69) is 16.0 Å². The van der Waals surface area contributed by atoms with Crippen LogP contribution < -0.4 is 21.4 Å². The van der Waals surface area contributed by atoms with Crippen LogP contribution in [-0.2, 0) is 4.79 Å².